The van der Waals surface area contributed by atoms with Crippen molar-refractivity contribution in [1.82, 2.24) is 20.2 Å². The van der Waals surface area contributed by atoms with E-state index < -0.39 is 0 Å². The van der Waals surface area contributed by atoms with E-state index in [-0.39, 0.29) is 5.41 Å². The fourth-order valence-electron chi connectivity index (χ4n) is 2.04. The van der Waals surface area contributed by atoms with Gasteiger partial charge >= 0.3 is 0 Å². The Morgan fingerprint density at radius 3 is 2.60 bits per heavy atom. The molecule has 20 heavy (non-hydrogen) atoms. The minimum absolute atomic E-state index is 0.209. The molecule has 0 saturated heterocycles. The number of nitrogens with zero attached hydrogens (tertiary/aromatic N) is 4. The van der Waals surface area contributed by atoms with Gasteiger partial charge in [0.05, 0.1) is 0 Å². The summed E-state index contributed by atoms with van der Waals surface area (Å²) in [5.41, 5.74) is 9.03. The first kappa shape index (κ1) is 14.5. The average molecular weight is 273 g/mol. The van der Waals surface area contributed by atoms with Gasteiger partial charge in [-0.2, -0.15) is 0 Å². The largest absolute Gasteiger partial charge is 0.398 e. The van der Waals surface area contributed by atoms with E-state index in [1.165, 1.54) is 0 Å². The zero-order valence-electron chi connectivity index (χ0n) is 12.9. The smallest absolute Gasteiger partial charge is 0.184 e. The summed E-state index contributed by atoms with van der Waals surface area (Å²) in [6.45, 7) is 11.7. The number of anilines is 1. The fraction of sp³-hybridized carbons (Fsp3) is 0.533. The van der Waals surface area contributed by atoms with Gasteiger partial charge in [0.25, 0.3) is 0 Å². The molecule has 0 spiro atoms. The van der Waals surface area contributed by atoms with Crippen molar-refractivity contribution in [3.05, 3.63) is 23.8 Å². The number of aryl methyl sites for hydroxylation is 1. The first-order valence-electron chi connectivity index (χ1n) is 6.92. The van der Waals surface area contributed by atoms with Crippen molar-refractivity contribution in [2.75, 3.05) is 5.73 Å². The van der Waals surface area contributed by atoms with Gasteiger partial charge in [-0.25, -0.2) is 4.68 Å². The normalized spacial score (nSPS) is 13.4. The summed E-state index contributed by atoms with van der Waals surface area (Å²) in [6.07, 6.45) is 0. The Kier molecular flexibility index (Phi) is 3.79. The van der Waals surface area contributed by atoms with Gasteiger partial charge in [0.1, 0.15) is 0 Å². The summed E-state index contributed by atoms with van der Waals surface area (Å²) in [4.78, 5) is 0. The molecule has 0 fully saturated rings. The zero-order valence-corrected chi connectivity index (χ0v) is 12.9. The third-order valence-corrected chi connectivity index (χ3v) is 3.99. The van der Waals surface area contributed by atoms with Crippen LogP contribution < -0.4 is 5.73 Å². The summed E-state index contributed by atoms with van der Waals surface area (Å²) in [5.74, 6) is 1.20. The second kappa shape index (κ2) is 5.23. The molecule has 0 aliphatic carbocycles. The molecule has 108 valence electrons. The SMILES string of the molecule is Cc1cccc(N)c1-c1nnnn1CC(C)C(C)(C)C. The molecular formula is C15H23N5. The van der Waals surface area contributed by atoms with E-state index >= 15 is 0 Å². The molecule has 0 radical (unpaired) electrons. The lowest BCUT2D eigenvalue weighted by Crippen LogP contribution is -2.23. The highest BCUT2D eigenvalue weighted by molar-refractivity contribution is 5.74. The number of rotatable bonds is 3. The number of hydrogen-bond acceptors (Lipinski definition) is 4. The molecule has 5 nitrogen and oxygen atoms in total. The van der Waals surface area contributed by atoms with Crippen molar-refractivity contribution in [3.63, 3.8) is 0 Å². The third kappa shape index (κ3) is 2.81. The monoisotopic (exact) mass is 273 g/mol. The van der Waals surface area contributed by atoms with Crippen LogP contribution in [0.25, 0.3) is 11.4 Å². The average Bonchev–Trinajstić information content (AvgIpc) is 2.76. The molecule has 2 N–H and O–H groups in total. The van der Waals surface area contributed by atoms with E-state index in [0.717, 1.165) is 23.5 Å². The van der Waals surface area contributed by atoms with Crippen molar-refractivity contribution in [1.29, 1.82) is 0 Å². The highest BCUT2D eigenvalue weighted by Gasteiger charge is 2.23. The van der Waals surface area contributed by atoms with Crippen LogP contribution in [0.2, 0.25) is 0 Å². The quantitative estimate of drug-likeness (QED) is 0.873. The maximum Gasteiger partial charge on any atom is 0.184 e. The van der Waals surface area contributed by atoms with Crippen LogP contribution in [0.1, 0.15) is 33.3 Å². The number of nitrogens with two attached hydrogens (primary N) is 1. The summed E-state index contributed by atoms with van der Waals surface area (Å²) < 4.78 is 1.86. The standard InChI is InChI=1S/C15H23N5/c1-10-7-6-8-12(16)13(10)14-17-18-19-20(14)9-11(2)15(3,4)5/h6-8,11H,9,16H2,1-5H3. The van der Waals surface area contributed by atoms with E-state index in [9.17, 15) is 0 Å². The molecule has 0 amide bonds. The molecule has 1 aromatic heterocycles. The zero-order chi connectivity index (χ0) is 14.9. The Hall–Kier alpha value is -1.91. The maximum atomic E-state index is 6.09. The first-order valence-corrected chi connectivity index (χ1v) is 6.92. The molecule has 2 rings (SSSR count). The molecule has 2 aromatic rings. The Labute approximate surface area is 120 Å². The van der Waals surface area contributed by atoms with Crippen molar-refractivity contribution < 1.29 is 0 Å². The van der Waals surface area contributed by atoms with Crippen LogP contribution in [0.5, 0.6) is 0 Å². The molecule has 0 aliphatic heterocycles. The molecule has 5 heteroatoms. The van der Waals surface area contributed by atoms with Crippen LogP contribution >= 0.6 is 0 Å². The van der Waals surface area contributed by atoms with Crippen molar-refractivity contribution >= 4 is 5.69 Å². The molecule has 1 heterocycles. The summed E-state index contributed by atoms with van der Waals surface area (Å²) >= 11 is 0. The van der Waals surface area contributed by atoms with Crippen LogP contribution in [0.3, 0.4) is 0 Å². The number of benzene rings is 1. The number of hydrogen-bond donors (Lipinski definition) is 1. The highest BCUT2D eigenvalue weighted by Crippen LogP contribution is 2.30. The minimum atomic E-state index is 0.209. The van der Waals surface area contributed by atoms with Gasteiger partial charge in [-0.3, -0.25) is 0 Å². The molecule has 1 aromatic carbocycles. The third-order valence-electron chi connectivity index (χ3n) is 3.99. The molecular weight excluding hydrogens is 250 g/mol. The molecule has 0 aliphatic rings. The van der Waals surface area contributed by atoms with Gasteiger partial charge in [-0.1, -0.05) is 39.8 Å². The predicted molar refractivity (Wildman–Crippen MR) is 81.0 cm³/mol. The second-order valence-electron chi connectivity index (χ2n) is 6.49. The summed E-state index contributed by atoms with van der Waals surface area (Å²) in [5, 5.41) is 12.1. The maximum absolute atomic E-state index is 6.09. The fourth-order valence-corrected chi connectivity index (χ4v) is 2.04. The van der Waals surface area contributed by atoms with E-state index in [0.29, 0.717) is 11.6 Å². The molecule has 0 saturated carbocycles. The van der Waals surface area contributed by atoms with E-state index in [1.54, 1.807) is 0 Å². The van der Waals surface area contributed by atoms with Crippen molar-refractivity contribution in [3.8, 4) is 11.4 Å². The first-order chi connectivity index (χ1) is 9.30. The number of tetrazole rings is 1. The van der Waals surface area contributed by atoms with Gasteiger partial charge in [-0.15, -0.1) is 5.10 Å². The molecule has 1 atom stereocenters. The van der Waals surface area contributed by atoms with E-state index in [1.807, 2.05) is 29.8 Å². The Bertz CT molecular complexity index is 574. The van der Waals surface area contributed by atoms with Crippen LogP contribution in [0, 0.1) is 18.3 Å². The van der Waals surface area contributed by atoms with Gasteiger partial charge in [0, 0.05) is 17.8 Å². The van der Waals surface area contributed by atoms with E-state index in [4.69, 9.17) is 5.73 Å². The number of nitrogen functional groups attached to an aromatic ring is 1. The van der Waals surface area contributed by atoms with Crippen molar-refractivity contribution in [2.24, 2.45) is 11.3 Å². The van der Waals surface area contributed by atoms with Crippen LogP contribution in [0.15, 0.2) is 18.2 Å². The minimum Gasteiger partial charge on any atom is -0.398 e. The Morgan fingerprint density at radius 1 is 1.30 bits per heavy atom. The molecule has 1 unspecified atom stereocenters. The molecule has 0 bridgehead atoms. The Morgan fingerprint density at radius 2 is 2.00 bits per heavy atom. The summed E-state index contributed by atoms with van der Waals surface area (Å²) in [7, 11) is 0. The van der Waals surface area contributed by atoms with Crippen LogP contribution in [-0.4, -0.2) is 20.2 Å². The second-order valence-corrected chi connectivity index (χ2v) is 6.49. The van der Waals surface area contributed by atoms with E-state index in [2.05, 4.69) is 43.2 Å². The van der Waals surface area contributed by atoms with Crippen molar-refractivity contribution in [2.45, 2.75) is 41.2 Å². The lowest BCUT2D eigenvalue weighted by Gasteiger charge is -2.27. The van der Waals surface area contributed by atoms with Gasteiger partial charge in [0.2, 0.25) is 0 Å². The van der Waals surface area contributed by atoms with Gasteiger partial charge < -0.3 is 5.73 Å². The van der Waals surface area contributed by atoms with Gasteiger partial charge in [-0.05, 0) is 40.3 Å². The van der Waals surface area contributed by atoms with Crippen LogP contribution in [-0.2, 0) is 6.54 Å². The highest BCUT2D eigenvalue weighted by atomic mass is 15.5. The van der Waals surface area contributed by atoms with Crippen LogP contribution in [0.4, 0.5) is 5.69 Å². The predicted octanol–water partition coefficient (Wildman–Crippen LogP) is 2.91. The number of aromatic nitrogens is 4. The summed E-state index contributed by atoms with van der Waals surface area (Å²) in [6, 6.07) is 5.85. The lowest BCUT2D eigenvalue weighted by molar-refractivity contribution is 0.225. The Balaban J connectivity index is 2.39. The topological polar surface area (TPSA) is 69.6 Å². The lowest BCUT2D eigenvalue weighted by atomic mass is 9.82. The van der Waals surface area contributed by atoms with Gasteiger partial charge in [0.15, 0.2) is 5.82 Å².